The Morgan fingerprint density at radius 1 is 0.688 bits per heavy atom. The molecule has 0 N–H and O–H groups in total. The summed E-state index contributed by atoms with van der Waals surface area (Å²) in [6.45, 7) is 0. The fourth-order valence-corrected chi connectivity index (χ4v) is 4.01. The molecule has 2 heteroatoms. The lowest BCUT2D eigenvalue weighted by Gasteiger charge is -1.94. The van der Waals surface area contributed by atoms with Gasteiger partial charge in [-0.1, -0.05) is 66.0 Å². The number of hydrogen-bond acceptors (Lipinski definition) is 2. The minimum Gasteiger partial charge on any atom is -0.0815 e. The minimum atomic E-state index is 1.27. The zero-order chi connectivity index (χ0) is 10.8. The van der Waals surface area contributed by atoms with Crippen LogP contribution in [0.15, 0.2) is 68.6 Å². The van der Waals surface area contributed by atoms with Crippen LogP contribution in [0.4, 0.5) is 0 Å². The molecule has 2 aromatic carbocycles. The van der Waals surface area contributed by atoms with E-state index < -0.39 is 0 Å². The third kappa shape index (κ3) is 2.04. The van der Waals surface area contributed by atoms with Gasteiger partial charge >= 0.3 is 0 Å². The molecule has 0 aliphatic carbocycles. The van der Waals surface area contributed by atoms with Crippen LogP contribution in [0.1, 0.15) is 5.56 Å². The van der Waals surface area contributed by atoms with E-state index in [4.69, 9.17) is 0 Å². The third-order valence-electron chi connectivity index (χ3n) is 2.35. The van der Waals surface area contributed by atoms with Crippen LogP contribution in [0.25, 0.3) is 6.08 Å². The van der Waals surface area contributed by atoms with Crippen molar-refractivity contribution in [2.24, 2.45) is 0 Å². The molecule has 0 amide bonds. The summed E-state index contributed by atoms with van der Waals surface area (Å²) in [5.74, 6) is 0. The van der Waals surface area contributed by atoms with Gasteiger partial charge in [-0.3, -0.25) is 0 Å². The molecule has 0 saturated heterocycles. The Morgan fingerprint density at radius 3 is 1.88 bits per heavy atom. The lowest BCUT2D eigenvalue weighted by atomic mass is 10.2. The van der Waals surface area contributed by atoms with Crippen molar-refractivity contribution in [2.75, 3.05) is 0 Å². The summed E-state index contributed by atoms with van der Waals surface area (Å²) in [6, 6.07) is 19.0. The summed E-state index contributed by atoms with van der Waals surface area (Å²) < 4.78 is 1.35. The van der Waals surface area contributed by atoms with Crippen LogP contribution in [0.3, 0.4) is 0 Å². The molecule has 0 unspecified atom stereocenters. The number of rotatable bonds is 1. The van der Waals surface area contributed by atoms with Gasteiger partial charge in [0.1, 0.15) is 0 Å². The Balaban J connectivity index is 1.89. The van der Waals surface area contributed by atoms with E-state index in [-0.39, 0.29) is 0 Å². The van der Waals surface area contributed by atoms with Crippen LogP contribution in [0, 0.1) is 0 Å². The first kappa shape index (κ1) is 10.1. The average Bonchev–Trinajstić information content (AvgIpc) is 2.72. The van der Waals surface area contributed by atoms with Crippen LogP contribution in [0.2, 0.25) is 0 Å². The topological polar surface area (TPSA) is 0 Å². The van der Waals surface area contributed by atoms with Gasteiger partial charge in [0.15, 0.2) is 0 Å². The first-order valence-electron chi connectivity index (χ1n) is 5.13. The summed E-state index contributed by atoms with van der Waals surface area (Å²) in [6.07, 6.45) is 2.25. The maximum Gasteiger partial charge on any atom is 0.0505 e. The first-order valence-corrected chi connectivity index (χ1v) is 6.76. The van der Waals surface area contributed by atoms with E-state index in [2.05, 4.69) is 54.6 Å². The predicted molar refractivity (Wildman–Crippen MR) is 72.6 cm³/mol. The number of benzene rings is 2. The number of thioether (sulfide) groups is 2. The van der Waals surface area contributed by atoms with E-state index in [1.54, 1.807) is 0 Å². The van der Waals surface area contributed by atoms with Gasteiger partial charge in [0.2, 0.25) is 0 Å². The lowest BCUT2D eigenvalue weighted by Crippen LogP contribution is -1.69. The molecule has 3 rings (SSSR count). The highest BCUT2D eigenvalue weighted by molar-refractivity contribution is 8.24. The van der Waals surface area contributed by atoms with E-state index in [0.717, 1.165) is 0 Å². The summed E-state index contributed by atoms with van der Waals surface area (Å²) >= 11 is 3.71. The van der Waals surface area contributed by atoms with Gasteiger partial charge in [0, 0.05) is 9.79 Å². The molecular formula is C14H10S2. The fraction of sp³-hybridized carbons (Fsp3) is 0. The van der Waals surface area contributed by atoms with Crippen LogP contribution >= 0.6 is 23.5 Å². The van der Waals surface area contributed by atoms with E-state index in [1.165, 1.54) is 19.6 Å². The van der Waals surface area contributed by atoms with Gasteiger partial charge in [-0.05, 0) is 23.8 Å². The molecule has 0 saturated carbocycles. The van der Waals surface area contributed by atoms with Crippen LogP contribution in [-0.2, 0) is 0 Å². The molecule has 0 bridgehead atoms. The maximum absolute atomic E-state index is 2.25. The monoisotopic (exact) mass is 242 g/mol. The van der Waals surface area contributed by atoms with Crippen molar-refractivity contribution in [3.05, 3.63) is 64.4 Å². The van der Waals surface area contributed by atoms with E-state index in [1.807, 2.05) is 29.6 Å². The standard InChI is InChI=1S/C14H10S2/c1-2-6-11(7-3-1)10-14-15-12-8-4-5-9-13(12)16-14/h1-10H. The highest BCUT2D eigenvalue weighted by Gasteiger charge is 2.15. The highest BCUT2D eigenvalue weighted by atomic mass is 32.2. The second-order valence-corrected chi connectivity index (χ2v) is 5.95. The summed E-state index contributed by atoms with van der Waals surface area (Å²) in [5.41, 5.74) is 1.27. The van der Waals surface area contributed by atoms with Crippen LogP contribution in [-0.4, -0.2) is 0 Å². The van der Waals surface area contributed by atoms with Gasteiger partial charge in [-0.15, -0.1) is 0 Å². The second kappa shape index (κ2) is 4.40. The fourth-order valence-electron chi connectivity index (χ4n) is 1.60. The Hall–Kier alpha value is -1.12. The van der Waals surface area contributed by atoms with Crippen molar-refractivity contribution in [3.8, 4) is 0 Å². The zero-order valence-corrected chi connectivity index (χ0v) is 10.2. The molecule has 0 fully saturated rings. The summed E-state index contributed by atoms with van der Waals surface area (Å²) in [5, 5.41) is 0. The molecular weight excluding hydrogens is 232 g/mol. The van der Waals surface area contributed by atoms with Crippen molar-refractivity contribution in [2.45, 2.75) is 9.79 Å². The zero-order valence-electron chi connectivity index (χ0n) is 8.59. The molecule has 0 atom stereocenters. The largest absolute Gasteiger partial charge is 0.0815 e. The molecule has 78 valence electrons. The molecule has 1 aliphatic rings. The summed E-state index contributed by atoms with van der Waals surface area (Å²) in [4.78, 5) is 2.74. The Morgan fingerprint density at radius 2 is 1.25 bits per heavy atom. The van der Waals surface area contributed by atoms with Gasteiger partial charge in [0.05, 0.1) is 4.24 Å². The predicted octanol–water partition coefficient (Wildman–Crippen LogP) is 4.88. The van der Waals surface area contributed by atoms with Crippen molar-refractivity contribution < 1.29 is 0 Å². The van der Waals surface area contributed by atoms with Gasteiger partial charge in [-0.25, -0.2) is 0 Å². The molecule has 0 nitrogen and oxygen atoms in total. The first-order chi connectivity index (χ1) is 7.92. The molecule has 2 aromatic rings. The smallest absolute Gasteiger partial charge is 0.0505 e. The Labute approximate surface area is 104 Å². The second-order valence-electron chi connectivity index (χ2n) is 3.52. The third-order valence-corrected chi connectivity index (χ3v) is 4.77. The molecule has 0 aromatic heterocycles. The van der Waals surface area contributed by atoms with Crippen molar-refractivity contribution in [1.29, 1.82) is 0 Å². The van der Waals surface area contributed by atoms with Crippen LogP contribution in [0.5, 0.6) is 0 Å². The Bertz CT molecular complexity index is 502. The van der Waals surface area contributed by atoms with E-state index in [9.17, 15) is 0 Å². The van der Waals surface area contributed by atoms with E-state index in [0.29, 0.717) is 0 Å². The van der Waals surface area contributed by atoms with E-state index >= 15 is 0 Å². The quantitative estimate of drug-likeness (QED) is 0.698. The number of hydrogen-bond donors (Lipinski definition) is 0. The molecule has 1 aliphatic heterocycles. The van der Waals surface area contributed by atoms with Crippen molar-refractivity contribution in [3.63, 3.8) is 0 Å². The molecule has 16 heavy (non-hydrogen) atoms. The maximum atomic E-state index is 2.25. The Kier molecular flexibility index (Phi) is 2.77. The van der Waals surface area contributed by atoms with Gasteiger partial charge in [-0.2, -0.15) is 0 Å². The van der Waals surface area contributed by atoms with Gasteiger partial charge < -0.3 is 0 Å². The number of fused-ring (bicyclic) bond motifs is 1. The van der Waals surface area contributed by atoms with Gasteiger partial charge in [0.25, 0.3) is 0 Å². The van der Waals surface area contributed by atoms with Crippen molar-refractivity contribution in [1.82, 2.24) is 0 Å². The summed E-state index contributed by atoms with van der Waals surface area (Å²) in [7, 11) is 0. The molecule has 0 spiro atoms. The SMILES string of the molecule is C(=C1Sc2ccccc2S1)c1ccccc1. The van der Waals surface area contributed by atoms with Crippen molar-refractivity contribution >= 4 is 29.6 Å². The highest BCUT2D eigenvalue weighted by Crippen LogP contribution is 2.51. The minimum absolute atomic E-state index is 1.27. The lowest BCUT2D eigenvalue weighted by molar-refractivity contribution is 1.27. The van der Waals surface area contributed by atoms with Crippen LogP contribution < -0.4 is 0 Å². The molecule has 1 heterocycles. The molecule has 0 radical (unpaired) electrons. The average molecular weight is 242 g/mol. The normalized spacial score (nSPS) is 13.6.